The van der Waals surface area contributed by atoms with Crippen molar-refractivity contribution in [1.82, 2.24) is 24.9 Å². The number of primary amides is 3. The van der Waals surface area contributed by atoms with Gasteiger partial charge in [0, 0.05) is 93.1 Å². The number of carbonyl (C=O) groups is 7. The summed E-state index contributed by atoms with van der Waals surface area (Å²) in [5, 5.41) is 27.6. The zero-order chi connectivity index (χ0) is 81.7. The number of rotatable bonds is 15. The van der Waals surface area contributed by atoms with Gasteiger partial charge >= 0.3 is 41.5 Å². The number of fused-ring (bicyclic) bond motifs is 1. The van der Waals surface area contributed by atoms with Crippen LogP contribution in [0.25, 0.3) is 22.3 Å². The van der Waals surface area contributed by atoms with E-state index in [0.29, 0.717) is 80.2 Å². The Labute approximate surface area is 708 Å². The quantitative estimate of drug-likeness (QED) is 0.0258. The third-order valence-electron chi connectivity index (χ3n) is 12.8. The number of halogens is 8. The number of nitrogens with two attached hydrogens (primary N) is 7. The van der Waals surface area contributed by atoms with E-state index >= 15 is 0 Å². The fourth-order valence-electron chi connectivity index (χ4n) is 7.98. The van der Waals surface area contributed by atoms with Crippen LogP contribution in [0.2, 0.25) is 0 Å². The van der Waals surface area contributed by atoms with Crippen LogP contribution in [0.15, 0.2) is 180 Å². The largest absolute Gasteiger partial charge is 1.00 e. The summed E-state index contributed by atoms with van der Waals surface area (Å²) in [6.45, 7) is 1.93. The number of benzene rings is 6. The first-order valence-electron chi connectivity index (χ1n) is 29.4. The average Bonchev–Trinajstić information content (AvgIpc) is 0.782. The van der Waals surface area contributed by atoms with Crippen LogP contribution < -0.4 is 109 Å². The number of anilines is 5. The van der Waals surface area contributed by atoms with Crippen molar-refractivity contribution in [2.24, 2.45) is 17.2 Å². The molecule has 0 bridgehead atoms. The van der Waals surface area contributed by atoms with Gasteiger partial charge in [0.15, 0.2) is 0 Å². The number of aromatic carboxylic acids is 2. The normalized spacial score (nSPS) is 9.54. The van der Waals surface area contributed by atoms with Gasteiger partial charge in [-0.2, -0.15) is 0 Å². The van der Waals surface area contributed by atoms with Gasteiger partial charge in [-0.25, -0.2) is 18.8 Å². The molecule has 20 N–H and O–H groups in total. The number of carbonyl (C=O) groups excluding carboxylic acids is 5. The molecule has 42 heteroatoms. The number of aliphatic hydroxyl groups excluding tert-OH is 1. The topological polar surface area (TPSA) is 561 Å². The van der Waals surface area contributed by atoms with Crippen LogP contribution >= 0.6 is 113 Å². The third-order valence-corrected chi connectivity index (χ3v) is 15.3. The summed E-state index contributed by atoms with van der Waals surface area (Å²) in [5.41, 5.74) is 41.5. The van der Waals surface area contributed by atoms with Crippen LogP contribution in [0, 0.1) is 0 Å². The van der Waals surface area contributed by atoms with Crippen LogP contribution in [0.3, 0.4) is 0 Å². The molecule has 0 fully saturated rings. The number of methoxy groups -OCH3 is 6. The molecule has 0 spiro atoms. The van der Waals surface area contributed by atoms with Crippen molar-refractivity contribution in [3.05, 3.63) is 224 Å². The second-order valence-corrected chi connectivity index (χ2v) is 27.2. The van der Waals surface area contributed by atoms with Crippen LogP contribution in [0.5, 0.6) is 34.5 Å². The maximum atomic E-state index is 12.2. The maximum Gasteiger partial charge on any atom is 1.00 e. The summed E-state index contributed by atoms with van der Waals surface area (Å²) in [7, 11) is 16.2. The minimum atomic E-state index is -1.67. The summed E-state index contributed by atoms with van der Waals surface area (Å²) in [4.78, 5) is 108. The number of nitrogens with zero attached hydrogens (tertiary/aromatic N) is 4. The van der Waals surface area contributed by atoms with Crippen molar-refractivity contribution in [2.75, 3.05) is 77.5 Å². The zero-order valence-corrected chi connectivity index (χ0v) is 71.8. The number of hydrogen-bond acceptors (Lipinski definition) is 25. The number of ether oxygens (including phenoxy) is 6. The number of para-hydroxylation sites is 1. The van der Waals surface area contributed by atoms with Crippen LogP contribution in [-0.2, 0) is 9.23 Å². The molecule has 0 aliphatic carbocycles. The average molecular weight is 1930 g/mol. The number of amides is 4. The van der Waals surface area contributed by atoms with Gasteiger partial charge in [-0.3, -0.25) is 43.7 Å². The molecular weight excluding hydrogens is 1860 g/mol. The molecule has 0 aliphatic rings. The molecule has 32 nitrogen and oxygen atoms in total. The molecule has 10 aromatic rings. The first-order chi connectivity index (χ1) is 51.0. The Hall–Kier alpha value is -9.26. The van der Waals surface area contributed by atoms with Crippen LogP contribution in [0.1, 0.15) is 79.4 Å². The van der Waals surface area contributed by atoms with E-state index in [1.165, 1.54) is 66.1 Å². The Kier molecular flexibility index (Phi) is 47.6. The predicted molar refractivity (Wildman–Crippen MR) is 434 cm³/mol. The van der Waals surface area contributed by atoms with Gasteiger partial charge in [-0.15, -0.1) is 0 Å². The van der Waals surface area contributed by atoms with Crippen LogP contribution in [0.4, 0.5) is 28.4 Å². The third kappa shape index (κ3) is 33.1. The van der Waals surface area contributed by atoms with E-state index in [9.17, 15) is 38.4 Å². The summed E-state index contributed by atoms with van der Waals surface area (Å²) in [6.07, 6.45) is 9.31. The van der Waals surface area contributed by atoms with E-state index in [4.69, 9.17) is 99.7 Å². The SMILES string of the molecule is CCO.COc1cc(Br)cc(C(=O)O)c1N.COc1cc(Br)cc(C(N)=O)c1N.COc1cc(Br)cc(C(N)=O)c1N.COc1cc(Br)cc(C(N)=O)c1NC(=O)c1cccnc1.COc1cc(Br)cc2c(=O)[nH]c(-c3cccnc3)nc12.COc1cccc(C(=O)O)c1N.O=C(Cl)c1cccnc1.O=S(Cl)Cl.[Na+].[OH-]. The molecule has 0 saturated heterocycles. The van der Waals surface area contributed by atoms with E-state index < -0.39 is 50.0 Å². The molecule has 4 heterocycles. The standard InChI is InChI=1S/C14H12BrN3O3.C14H10BrN3O2.2C8H9BrN2O2.C8H8BrNO3.C8H9NO3.C6H4ClNO.C2H6O.Cl2OS.Na.H2O/c1-21-11-6-9(15)5-10(13(16)19)12(11)18-14(20)8-3-2-4-17-7-8;1-20-11-6-9(15)5-10-12(11)17-13(18-14(10)19)8-3-2-4-16-7-8;3*1-13-6-3-4(9)2-5(7(6)10)8(11)12;1-12-6-4-2-3-5(7(6)9)8(10)11;7-6(9)5-2-1-3-8-4-5;1-2-3;1-4(2)3;;/h2-7H,1H3,(H2,16,19)(H,18,20);2-7H,1H3,(H,17,18,19);2*2-3H,10H2,1H3,(H2,11,12);2-3H,10H2,1H3,(H,11,12);2-4H,9H2,1H3,(H,10,11);1-4H;3H,2H2,1H3;;;1H2/q;;;;;;;;;+1;/p-1. The molecule has 4 aromatic heterocycles. The fourth-order valence-corrected chi connectivity index (χ4v) is 10.3. The second-order valence-electron chi connectivity index (χ2n) is 19.7. The van der Waals surface area contributed by atoms with Crippen molar-refractivity contribution < 1.29 is 117 Å². The number of aromatic amines is 1. The zero-order valence-electron chi connectivity index (χ0n) is 58.8. The molecule has 0 radical (unpaired) electrons. The number of hydrogen-bond donors (Lipinski definition) is 12. The summed E-state index contributed by atoms with van der Waals surface area (Å²) < 4.78 is 42.6. The number of pyridine rings is 3. The fraction of sp³-hybridized carbons (Fsp3) is 0.118. The molecular formula is C68H68Br5Cl3N13NaO19S. The Morgan fingerprint density at radius 2 is 0.864 bits per heavy atom. The maximum absolute atomic E-state index is 12.2. The van der Waals surface area contributed by atoms with Gasteiger partial charge in [-0.1, -0.05) is 85.7 Å². The number of nitrogens with one attached hydrogen (secondary N) is 2. The van der Waals surface area contributed by atoms with Crippen LogP contribution in [-0.4, -0.2) is 140 Å². The number of carboxylic acid groups (broad SMARTS) is 2. The number of carboxylic acids is 2. The molecule has 0 aliphatic heterocycles. The summed E-state index contributed by atoms with van der Waals surface area (Å²) in [6, 6.07) is 30.9. The number of nitrogen functional groups attached to an aromatic ring is 4. The molecule has 0 unspecified atom stereocenters. The van der Waals surface area contributed by atoms with Crippen molar-refractivity contribution >= 4 is 202 Å². The Morgan fingerprint density at radius 3 is 1.23 bits per heavy atom. The summed E-state index contributed by atoms with van der Waals surface area (Å²) >= 11 is 21.3. The Morgan fingerprint density at radius 1 is 0.509 bits per heavy atom. The van der Waals surface area contributed by atoms with Crippen molar-refractivity contribution in [2.45, 2.75) is 6.92 Å². The first-order valence-corrected chi connectivity index (χ1v) is 36.5. The van der Waals surface area contributed by atoms with Gasteiger partial charge in [0.1, 0.15) is 45.8 Å². The van der Waals surface area contributed by atoms with Crippen molar-refractivity contribution in [1.29, 1.82) is 0 Å². The number of aromatic nitrogens is 5. The minimum Gasteiger partial charge on any atom is -0.870 e. The Bertz CT molecular complexity index is 4690. The first kappa shape index (κ1) is 101. The van der Waals surface area contributed by atoms with E-state index in [1.807, 2.05) is 6.07 Å². The van der Waals surface area contributed by atoms with Gasteiger partial charge in [-0.05, 0) is 128 Å². The number of H-pyrrole nitrogens is 1. The molecule has 10 rings (SSSR count). The Balaban J connectivity index is 0.00000126. The monoisotopic (exact) mass is 1920 g/mol. The molecule has 0 atom stereocenters. The van der Waals surface area contributed by atoms with E-state index in [-0.39, 0.29) is 103 Å². The van der Waals surface area contributed by atoms with Gasteiger partial charge < -0.3 is 99.7 Å². The molecule has 6 aromatic carbocycles. The van der Waals surface area contributed by atoms with Gasteiger partial charge in [0.2, 0.25) is 9.23 Å². The molecule has 582 valence electrons. The molecule has 4 amide bonds. The van der Waals surface area contributed by atoms with Crippen molar-refractivity contribution in [3.8, 4) is 45.9 Å². The van der Waals surface area contributed by atoms with Gasteiger partial charge in [0.05, 0.1) is 115 Å². The molecule has 0 saturated carbocycles. The second kappa shape index (κ2) is 52.0. The summed E-state index contributed by atoms with van der Waals surface area (Å²) in [5.74, 6) is -1.40. The van der Waals surface area contributed by atoms with E-state index in [0.717, 1.165) is 10.0 Å². The van der Waals surface area contributed by atoms with E-state index in [1.54, 1.807) is 130 Å². The molecule has 110 heavy (non-hydrogen) atoms. The number of aliphatic hydroxyl groups is 1. The predicted octanol–water partition coefficient (Wildman–Crippen LogP) is 9.28. The smallest absolute Gasteiger partial charge is 0.870 e. The minimum absolute atomic E-state index is 0. The van der Waals surface area contributed by atoms with Crippen molar-refractivity contribution in [3.63, 3.8) is 0 Å². The van der Waals surface area contributed by atoms with Gasteiger partial charge in [0.25, 0.3) is 34.4 Å². The van der Waals surface area contributed by atoms with E-state index in [2.05, 4.69) is 131 Å².